The number of nitrogens with zero attached hydrogens (tertiary/aromatic N) is 1. The van der Waals surface area contributed by atoms with Gasteiger partial charge in [-0.05, 0) is 12.8 Å². The molecule has 0 aromatic rings. The van der Waals surface area contributed by atoms with E-state index in [2.05, 4.69) is 31.1 Å². The summed E-state index contributed by atoms with van der Waals surface area (Å²) >= 11 is 1.86. The lowest BCUT2D eigenvalue weighted by Crippen LogP contribution is -2.31. The molecule has 1 atom stereocenters. The molecule has 1 unspecified atom stereocenters. The normalized spacial score (nSPS) is 23.0. The first-order valence-corrected chi connectivity index (χ1v) is 5.61. The number of rotatable bonds is 3. The second kappa shape index (κ2) is 4.75. The van der Waals surface area contributed by atoms with Crippen molar-refractivity contribution in [3.05, 3.63) is 0 Å². The van der Waals surface area contributed by atoms with Crippen LogP contribution in [0.25, 0.3) is 0 Å². The smallest absolute Gasteiger partial charge is 0.157 e. The molecule has 0 fully saturated rings. The highest BCUT2D eigenvalue weighted by Crippen LogP contribution is 2.19. The zero-order chi connectivity index (χ0) is 8.97. The van der Waals surface area contributed by atoms with E-state index in [0.717, 1.165) is 11.7 Å². The van der Waals surface area contributed by atoms with E-state index in [-0.39, 0.29) is 0 Å². The van der Waals surface area contributed by atoms with E-state index in [4.69, 9.17) is 0 Å². The number of amidine groups is 1. The van der Waals surface area contributed by atoms with Gasteiger partial charge in [-0.3, -0.25) is 4.99 Å². The molecule has 0 aromatic carbocycles. The molecule has 0 saturated heterocycles. The van der Waals surface area contributed by atoms with Crippen LogP contribution < -0.4 is 5.32 Å². The fraction of sp³-hybridized carbons (Fsp3) is 0.889. The van der Waals surface area contributed by atoms with Crippen LogP contribution in [0.4, 0.5) is 0 Å². The van der Waals surface area contributed by atoms with Crippen LogP contribution in [0.15, 0.2) is 4.99 Å². The molecule has 1 rings (SSSR count). The van der Waals surface area contributed by atoms with E-state index in [9.17, 15) is 0 Å². The summed E-state index contributed by atoms with van der Waals surface area (Å²) in [7, 11) is 0. The molecular weight excluding hydrogens is 168 g/mol. The first kappa shape index (κ1) is 9.90. The Bertz CT molecular complexity index is 164. The summed E-state index contributed by atoms with van der Waals surface area (Å²) in [4.78, 5) is 4.42. The van der Waals surface area contributed by atoms with Gasteiger partial charge in [-0.15, -0.1) is 0 Å². The van der Waals surface area contributed by atoms with Gasteiger partial charge in [0.25, 0.3) is 0 Å². The molecule has 3 heteroatoms. The van der Waals surface area contributed by atoms with Crippen molar-refractivity contribution in [1.29, 1.82) is 0 Å². The molecule has 0 amide bonds. The van der Waals surface area contributed by atoms with E-state index in [1.807, 2.05) is 11.8 Å². The molecule has 12 heavy (non-hydrogen) atoms. The molecule has 0 radical (unpaired) electrons. The van der Waals surface area contributed by atoms with Crippen LogP contribution in [0.5, 0.6) is 0 Å². The van der Waals surface area contributed by atoms with E-state index < -0.39 is 0 Å². The van der Waals surface area contributed by atoms with Crippen molar-refractivity contribution in [2.24, 2.45) is 4.99 Å². The van der Waals surface area contributed by atoms with E-state index in [0.29, 0.717) is 11.3 Å². The number of aliphatic imine (C=N–C) groups is 1. The molecule has 0 aliphatic carbocycles. The Labute approximate surface area is 79.2 Å². The number of hydrogen-bond acceptors (Lipinski definition) is 3. The molecule has 70 valence electrons. The quantitative estimate of drug-likeness (QED) is 0.731. The predicted octanol–water partition coefficient (Wildman–Crippen LogP) is 2.26. The minimum absolute atomic E-state index is 0.613. The summed E-state index contributed by atoms with van der Waals surface area (Å²) in [6.45, 7) is 7.62. The van der Waals surface area contributed by atoms with Crippen LogP contribution in [0.2, 0.25) is 0 Å². The minimum atomic E-state index is 0.613. The van der Waals surface area contributed by atoms with Crippen molar-refractivity contribution in [1.82, 2.24) is 5.32 Å². The fourth-order valence-electron chi connectivity index (χ4n) is 1.22. The van der Waals surface area contributed by atoms with Crippen molar-refractivity contribution >= 4 is 16.9 Å². The van der Waals surface area contributed by atoms with Gasteiger partial charge in [0, 0.05) is 11.3 Å². The SMILES string of the molecule is CCC(CC)NC1=NCC(C)S1. The van der Waals surface area contributed by atoms with E-state index in [1.165, 1.54) is 12.8 Å². The number of thioether (sulfide) groups is 1. The molecule has 0 saturated carbocycles. The molecule has 1 aliphatic rings. The molecule has 0 aromatic heterocycles. The Morgan fingerprint density at radius 3 is 2.67 bits per heavy atom. The summed E-state index contributed by atoms with van der Waals surface area (Å²) in [5.41, 5.74) is 0. The van der Waals surface area contributed by atoms with Crippen molar-refractivity contribution < 1.29 is 0 Å². The number of hydrogen-bond donors (Lipinski definition) is 1. The third-order valence-corrected chi connectivity index (χ3v) is 3.14. The lowest BCUT2D eigenvalue weighted by molar-refractivity contribution is 0.573. The van der Waals surface area contributed by atoms with Crippen molar-refractivity contribution in [3.8, 4) is 0 Å². The van der Waals surface area contributed by atoms with E-state index in [1.54, 1.807) is 0 Å². The predicted molar refractivity (Wildman–Crippen MR) is 56.9 cm³/mol. The first-order chi connectivity index (χ1) is 5.76. The van der Waals surface area contributed by atoms with Crippen molar-refractivity contribution in [2.45, 2.75) is 44.9 Å². The molecule has 0 bridgehead atoms. The van der Waals surface area contributed by atoms with Crippen LogP contribution in [0.3, 0.4) is 0 Å². The third-order valence-electron chi connectivity index (χ3n) is 2.12. The maximum Gasteiger partial charge on any atom is 0.157 e. The van der Waals surface area contributed by atoms with Gasteiger partial charge in [0.15, 0.2) is 5.17 Å². The van der Waals surface area contributed by atoms with Gasteiger partial charge in [0.1, 0.15) is 0 Å². The van der Waals surface area contributed by atoms with Gasteiger partial charge in [-0.1, -0.05) is 32.5 Å². The molecular formula is C9H18N2S. The van der Waals surface area contributed by atoms with Gasteiger partial charge >= 0.3 is 0 Å². The Balaban J connectivity index is 2.30. The lowest BCUT2D eigenvalue weighted by atomic mass is 10.2. The molecule has 1 heterocycles. The van der Waals surface area contributed by atoms with Crippen LogP contribution in [0, 0.1) is 0 Å². The highest BCUT2D eigenvalue weighted by molar-refractivity contribution is 8.14. The average molecular weight is 186 g/mol. The zero-order valence-electron chi connectivity index (χ0n) is 8.13. The highest BCUT2D eigenvalue weighted by Gasteiger charge is 2.16. The fourth-order valence-corrected chi connectivity index (χ4v) is 2.14. The van der Waals surface area contributed by atoms with Gasteiger partial charge in [-0.2, -0.15) is 0 Å². The highest BCUT2D eigenvalue weighted by atomic mass is 32.2. The molecule has 0 spiro atoms. The van der Waals surface area contributed by atoms with Gasteiger partial charge < -0.3 is 5.32 Å². The Kier molecular flexibility index (Phi) is 3.92. The molecule has 1 N–H and O–H groups in total. The monoisotopic (exact) mass is 186 g/mol. The van der Waals surface area contributed by atoms with Gasteiger partial charge in [0.05, 0.1) is 6.54 Å². The average Bonchev–Trinajstić information content (AvgIpc) is 2.47. The topological polar surface area (TPSA) is 24.4 Å². The summed E-state index contributed by atoms with van der Waals surface area (Å²) in [5.74, 6) is 0. The molecule has 1 aliphatic heterocycles. The van der Waals surface area contributed by atoms with Crippen molar-refractivity contribution in [3.63, 3.8) is 0 Å². The summed E-state index contributed by atoms with van der Waals surface area (Å²) in [6, 6.07) is 0.613. The second-order valence-electron chi connectivity index (χ2n) is 3.23. The lowest BCUT2D eigenvalue weighted by Gasteiger charge is -2.15. The van der Waals surface area contributed by atoms with Crippen molar-refractivity contribution in [2.75, 3.05) is 6.54 Å². The van der Waals surface area contributed by atoms with Crippen LogP contribution in [0.1, 0.15) is 33.6 Å². The standard InChI is InChI=1S/C9H18N2S/c1-4-8(5-2)11-9-10-6-7(3)12-9/h7-8H,4-6H2,1-3H3,(H,10,11). The third kappa shape index (κ3) is 2.70. The summed E-state index contributed by atoms with van der Waals surface area (Å²) in [5, 5.41) is 5.28. The van der Waals surface area contributed by atoms with Gasteiger partial charge in [0.2, 0.25) is 0 Å². The Morgan fingerprint density at radius 2 is 2.25 bits per heavy atom. The number of nitrogens with one attached hydrogen (secondary N) is 1. The van der Waals surface area contributed by atoms with Gasteiger partial charge in [-0.25, -0.2) is 0 Å². The molecule has 2 nitrogen and oxygen atoms in total. The zero-order valence-corrected chi connectivity index (χ0v) is 8.95. The Hall–Kier alpha value is -0.180. The first-order valence-electron chi connectivity index (χ1n) is 4.73. The minimum Gasteiger partial charge on any atom is -0.362 e. The van der Waals surface area contributed by atoms with Crippen LogP contribution in [-0.4, -0.2) is 23.0 Å². The maximum absolute atomic E-state index is 4.42. The summed E-state index contributed by atoms with van der Waals surface area (Å²) < 4.78 is 0. The van der Waals surface area contributed by atoms with Crippen LogP contribution >= 0.6 is 11.8 Å². The summed E-state index contributed by atoms with van der Waals surface area (Å²) in [6.07, 6.45) is 2.37. The van der Waals surface area contributed by atoms with E-state index >= 15 is 0 Å². The maximum atomic E-state index is 4.42. The largest absolute Gasteiger partial charge is 0.362 e. The second-order valence-corrected chi connectivity index (χ2v) is 4.66. The Morgan fingerprint density at radius 1 is 1.58 bits per heavy atom. The van der Waals surface area contributed by atoms with Crippen LogP contribution in [-0.2, 0) is 0 Å².